The molecular formula is C14H31N3O. The van der Waals surface area contributed by atoms with Gasteiger partial charge in [-0.2, -0.15) is 0 Å². The molecule has 2 N–H and O–H groups in total. The Bertz CT molecular complexity index is 229. The second kappa shape index (κ2) is 9.34. The van der Waals surface area contributed by atoms with E-state index in [1.807, 2.05) is 13.8 Å². The molecule has 0 saturated heterocycles. The first-order valence-electron chi connectivity index (χ1n) is 7.23. The van der Waals surface area contributed by atoms with Crippen LogP contribution < -0.4 is 10.6 Å². The summed E-state index contributed by atoms with van der Waals surface area (Å²) < 4.78 is 0. The predicted octanol–water partition coefficient (Wildman–Crippen LogP) is 1.61. The lowest BCUT2D eigenvalue weighted by Crippen LogP contribution is -2.50. The zero-order chi connectivity index (χ0) is 14.1. The van der Waals surface area contributed by atoms with Gasteiger partial charge in [-0.3, -0.25) is 4.79 Å². The van der Waals surface area contributed by atoms with Gasteiger partial charge in [0, 0.05) is 18.6 Å². The first-order chi connectivity index (χ1) is 8.44. The highest BCUT2D eigenvalue weighted by Gasteiger charge is 2.17. The van der Waals surface area contributed by atoms with E-state index in [0.29, 0.717) is 6.04 Å². The summed E-state index contributed by atoms with van der Waals surface area (Å²) in [6.07, 6.45) is 0.966. The van der Waals surface area contributed by atoms with Gasteiger partial charge in [-0.15, -0.1) is 0 Å². The number of rotatable bonds is 9. The number of hydrogen-bond donors (Lipinski definition) is 2. The molecule has 108 valence electrons. The fourth-order valence-corrected chi connectivity index (χ4v) is 1.89. The maximum absolute atomic E-state index is 11.9. The van der Waals surface area contributed by atoms with Crippen LogP contribution in [0.3, 0.4) is 0 Å². The lowest BCUT2D eigenvalue weighted by molar-refractivity contribution is -0.123. The third-order valence-electron chi connectivity index (χ3n) is 3.36. The smallest absolute Gasteiger partial charge is 0.237 e. The van der Waals surface area contributed by atoms with Crippen LogP contribution >= 0.6 is 0 Å². The van der Waals surface area contributed by atoms with Crippen molar-refractivity contribution in [2.75, 3.05) is 19.6 Å². The van der Waals surface area contributed by atoms with Crippen molar-refractivity contribution in [1.82, 2.24) is 15.5 Å². The molecule has 18 heavy (non-hydrogen) atoms. The van der Waals surface area contributed by atoms with E-state index in [4.69, 9.17) is 0 Å². The average molecular weight is 257 g/mol. The van der Waals surface area contributed by atoms with E-state index in [9.17, 15) is 4.79 Å². The molecule has 3 unspecified atom stereocenters. The normalized spacial score (nSPS) is 16.4. The predicted molar refractivity (Wildman–Crippen MR) is 77.7 cm³/mol. The third kappa shape index (κ3) is 6.97. The number of likely N-dealkylation sites (N-methyl/N-ethyl adjacent to an activating group) is 1. The number of carbonyl (C=O) groups is 1. The Morgan fingerprint density at radius 1 is 1.06 bits per heavy atom. The highest BCUT2D eigenvalue weighted by atomic mass is 16.2. The van der Waals surface area contributed by atoms with Crippen LogP contribution in [0.5, 0.6) is 0 Å². The molecule has 0 aromatic heterocycles. The molecule has 0 bridgehead atoms. The molecule has 3 atom stereocenters. The summed E-state index contributed by atoms with van der Waals surface area (Å²) in [5, 5.41) is 6.36. The van der Waals surface area contributed by atoms with Gasteiger partial charge in [0.1, 0.15) is 0 Å². The van der Waals surface area contributed by atoms with Crippen LogP contribution in [0, 0.1) is 0 Å². The Balaban J connectivity index is 4.05. The van der Waals surface area contributed by atoms with E-state index in [0.717, 1.165) is 26.1 Å². The molecule has 0 fully saturated rings. The van der Waals surface area contributed by atoms with E-state index in [1.54, 1.807) is 0 Å². The molecule has 4 heteroatoms. The number of carbonyl (C=O) groups excluding carboxylic acids is 1. The van der Waals surface area contributed by atoms with Crippen molar-refractivity contribution in [1.29, 1.82) is 0 Å². The summed E-state index contributed by atoms with van der Waals surface area (Å²) in [7, 11) is 0. The first kappa shape index (κ1) is 17.4. The van der Waals surface area contributed by atoms with Crippen molar-refractivity contribution in [2.45, 2.75) is 66.1 Å². The van der Waals surface area contributed by atoms with Gasteiger partial charge in [-0.05, 0) is 40.3 Å². The number of amides is 1. The topological polar surface area (TPSA) is 44.4 Å². The molecular weight excluding hydrogens is 226 g/mol. The van der Waals surface area contributed by atoms with Crippen LogP contribution in [0.15, 0.2) is 0 Å². The Labute approximate surface area is 113 Å². The van der Waals surface area contributed by atoms with Gasteiger partial charge in [-0.25, -0.2) is 0 Å². The largest absolute Gasteiger partial charge is 0.352 e. The van der Waals surface area contributed by atoms with Crippen LogP contribution in [-0.4, -0.2) is 48.6 Å². The van der Waals surface area contributed by atoms with Crippen LogP contribution in [0.1, 0.15) is 48.0 Å². The van der Waals surface area contributed by atoms with E-state index in [-0.39, 0.29) is 18.0 Å². The van der Waals surface area contributed by atoms with Crippen LogP contribution in [0.4, 0.5) is 0 Å². The highest BCUT2D eigenvalue weighted by Crippen LogP contribution is 1.95. The summed E-state index contributed by atoms with van der Waals surface area (Å²) in [6.45, 7) is 15.6. The van der Waals surface area contributed by atoms with Crippen molar-refractivity contribution in [2.24, 2.45) is 0 Å². The van der Waals surface area contributed by atoms with Crippen LogP contribution in [-0.2, 0) is 4.79 Å². The van der Waals surface area contributed by atoms with E-state index in [2.05, 4.69) is 43.2 Å². The lowest BCUT2D eigenvalue weighted by Gasteiger charge is -2.26. The molecule has 1 amide bonds. The molecule has 0 rings (SSSR count). The standard InChI is InChI=1S/C14H31N3O/c1-7-11(4)16-14(18)13(6)15-12(5)10-17(8-2)9-3/h11-13,15H,7-10H2,1-6H3,(H,16,18). The van der Waals surface area contributed by atoms with E-state index in [1.165, 1.54) is 0 Å². The second-order valence-electron chi connectivity index (χ2n) is 5.09. The maximum atomic E-state index is 11.9. The van der Waals surface area contributed by atoms with Crippen molar-refractivity contribution in [3.8, 4) is 0 Å². The Morgan fingerprint density at radius 2 is 1.61 bits per heavy atom. The zero-order valence-corrected chi connectivity index (χ0v) is 12.9. The van der Waals surface area contributed by atoms with Crippen molar-refractivity contribution in [3.63, 3.8) is 0 Å². The molecule has 0 saturated carbocycles. The van der Waals surface area contributed by atoms with Crippen molar-refractivity contribution < 1.29 is 4.79 Å². The molecule has 0 heterocycles. The van der Waals surface area contributed by atoms with Crippen LogP contribution in [0.25, 0.3) is 0 Å². The molecule has 0 radical (unpaired) electrons. The minimum Gasteiger partial charge on any atom is -0.352 e. The van der Waals surface area contributed by atoms with Crippen molar-refractivity contribution in [3.05, 3.63) is 0 Å². The van der Waals surface area contributed by atoms with Gasteiger partial charge < -0.3 is 15.5 Å². The molecule has 0 aromatic rings. The van der Waals surface area contributed by atoms with E-state index < -0.39 is 0 Å². The van der Waals surface area contributed by atoms with Crippen molar-refractivity contribution >= 4 is 5.91 Å². The van der Waals surface area contributed by atoms with Gasteiger partial charge in [0.15, 0.2) is 0 Å². The average Bonchev–Trinajstić information content (AvgIpc) is 2.35. The molecule has 0 spiro atoms. The summed E-state index contributed by atoms with van der Waals surface area (Å²) >= 11 is 0. The van der Waals surface area contributed by atoms with Gasteiger partial charge >= 0.3 is 0 Å². The number of nitrogens with one attached hydrogen (secondary N) is 2. The molecule has 0 aromatic carbocycles. The molecule has 0 aliphatic carbocycles. The fraction of sp³-hybridized carbons (Fsp3) is 0.929. The highest BCUT2D eigenvalue weighted by molar-refractivity contribution is 5.81. The minimum absolute atomic E-state index is 0.0933. The maximum Gasteiger partial charge on any atom is 0.237 e. The SMILES string of the molecule is CCC(C)NC(=O)C(C)NC(C)CN(CC)CC. The summed E-state index contributed by atoms with van der Waals surface area (Å²) in [5.74, 6) is 0.0933. The Kier molecular flexibility index (Phi) is 9.02. The van der Waals surface area contributed by atoms with Crippen LogP contribution in [0.2, 0.25) is 0 Å². The van der Waals surface area contributed by atoms with Gasteiger partial charge in [0.25, 0.3) is 0 Å². The number of nitrogens with zero attached hydrogens (tertiary/aromatic N) is 1. The quantitative estimate of drug-likeness (QED) is 0.659. The lowest BCUT2D eigenvalue weighted by atomic mass is 10.2. The summed E-state index contributed by atoms with van der Waals surface area (Å²) in [5.41, 5.74) is 0. The fourth-order valence-electron chi connectivity index (χ4n) is 1.89. The third-order valence-corrected chi connectivity index (χ3v) is 3.36. The monoisotopic (exact) mass is 257 g/mol. The zero-order valence-electron chi connectivity index (χ0n) is 12.9. The Hall–Kier alpha value is -0.610. The van der Waals surface area contributed by atoms with E-state index >= 15 is 0 Å². The van der Waals surface area contributed by atoms with Gasteiger partial charge in [0.05, 0.1) is 6.04 Å². The van der Waals surface area contributed by atoms with Gasteiger partial charge in [-0.1, -0.05) is 20.8 Å². The number of hydrogen-bond acceptors (Lipinski definition) is 3. The minimum atomic E-state index is -0.135. The summed E-state index contributed by atoms with van der Waals surface area (Å²) in [4.78, 5) is 14.2. The summed E-state index contributed by atoms with van der Waals surface area (Å²) in [6, 6.07) is 0.437. The molecule has 0 aliphatic rings. The molecule has 4 nitrogen and oxygen atoms in total. The Morgan fingerprint density at radius 3 is 2.06 bits per heavy atom. The molecule has 0 aliphatic heterocycles. The van der Waals surface area contributed by atoms with Gasteiger partial charge in [0.2, 0.25) is 5.91 Å². The first-order valence-corrected chi connectivity index (χ1v) is 7.23. The second-order valence-corrected chi connectivity index (χ2v) is 5.09.